The third-order valence-corrected chi connectivity index (χ3v) is 3.88. The van der Waals surface area contributed by atoms with Crippen molar-refractivity contribution in [3.8, 4) is 0 Å². The van der Waals surface area contributed by atoms with E-state index in [9.17, 15) is 0 Å². The molecule has 0 bridgehead atoms. The van der Waals surface area contributed by atoms with Crippen molar-refractivity contribution in [3.05, 3.63) is 0 Å². The molecule has 1 aliphatic carbocycles. The first-order valence-corrected chi connectivity index (χ1v) is 7.14. The number of nitrogens with one attached hydrogen (secondary N) is 1. The molecule has 3 heteroatoms. The first-order valence-electron chi connectivity index (χ1n) is 7.14. The zero-order valence-corrected chi connectivity index (χ0v) is 11.7. The fraction of sp³-hybridized carbons (Fsp3) is 1.00. The molecule has 100 valence electrons. The molecule has 1 N–H and O–H groups in total. The van der Waals surface area contributed by atoms with Crippen molar-refractivity contribution in [3.63, 3.8) is 0 Å². The van der Waals surface area contributed by atoms with Crippen molar-refractivity contribution in [2.45, 2.75) is 51.6 Å². The van der Waals surface area contributed by atoms with E-state index in [0.717, 1.165) is 32.2 Å². The molecule has 2 rings (SSSR count). The molecule has 3 nitrogen and oxygen atoms in total. The van der Waals surface area contributed by atoms with Crippen LogP contribution in [-0.2, 0) is 4.74 Å². The summed E-state index contributed by atoms with van der Waals surface area (Å²) in [6.45, 7) is 12.3. The van der Waals surface area contributed by atoms with E-state index in [2.05, 4.69) is 31.0 Å². The summed E-state index contributed by atoms with van der Waals surface area (Å²) < 4.78 is 5.69. The van der Waals surface area contributed by atoms with Crippen molar-refractivity contribution in [2.24, 2.45) is 5.92 Å². The van der Waals surface area contributed by atoms with Gasteiger partial charge in [-0.1, -0.05) is 0 Å². The fourth-order valence-electron chi connectivity index (χ4n) is 2.48. The lowest BCUT2D eigenvalue weighted by molar-refractivity contribution is 0.0768. The third kappa shape index (κ3) is 4.57. The summed E-state index contributed by atoms with van der Waals surface area (Å²) in [6.07, 6.45) is 3.96. The number of hydrogen-bond acceptors (Lipinski definition) is 3. The van der Waals surface area contributed by atoms with E-state index < -0.39 is 0 Å². The predicted molar refractivity (Wildman–Crippen MR) is 71.3 cm³/mol. The molecule has 0 aromatic carbocycles. The topological polar surface area (TPSA) is 24.5 Å². The van der Waals surface area contributed by atoms with E-state index in [4.69, 9.17) is 4.74 Å². The molecule has 0 aromatic rings. The second kappa shape index (κ2) is 5.68. The summed E-state index contributed by atoms with van der Waals surface area (Å²) in [5.41, 5.74) is 0.265. The second-order valence-electron chi connectivity index (χ2n) is 6.46. The first-order chi connectivity index (χ1) is 8.07. The van der Waals surface area contributed by atoms with Crippen LogP contribution < -0.4 is 5.32 Å². The lowest BCUT2D eigenvalue weighted by Crippen LogP contribution is -2.60. The molecule has 1 saturated carbocycles. The van der Waals surface area contributed by atoms with Crippen LogP contribution in [0.3, 0.4) is 0 Å². The Balaban J connectivity index is 1.59. The van der Waals surface area contributed by atoms with Crippen molar-refractivity contribution < 1.29 is 4.74 Å². The maximum atomic E-state index is 5.69. The third-order valence-electron chi connectivity index (χ3n) is 3.88. The fourth-order valence-corrected chi connectivity index (χ4v) is 2.48. The highest BCUT2D eigenvalue weighted by Crippen LogP contribution is 2.28. The van der Waals surface area contributed by atoms with Crippen molar-refractivity contribution in [1.29, 1.82) is 0 Å². The average Bonchev–Trinajstić information content (AvgIpc) is 3.06. The van der Waals surface area contributed by atoms with Gasteiger partial charge in [-0.25, -0.2) is 0 Å². The Morgan fingerprint density at radius 1 is 1.35 bits per heavy atom. The maximum absolute atomic E-state index is 5.69. The van der Waals surface area contributed by atoms with Gasteiger partial charge in [-0.15, -0.1) is 0 Å². The summed E-state index contributed by atoms with van der Waals surface area (Å²) in [4.78, 5) is 2.59. The first kappa shape index (κ1) is 13.3. The molecule has 2 fully saturated rings. The van der Waals surface area contributed by atoms with Gasteiger partial charge in [0.2, 0.25) is 0 Å². The molecule has 17 heavy (non-hydrogen) atoms. The predicted octanol–water partition coefficient (Wildman–Crippen LogP) is 1.88. The van der Waals surface area contributed by atoms with Gasteiger partial charge < -0.3 is 10.1 Å². The van der Waals surface area contributed by atoms with Crippen LogP contribution in [0.1, 0.15) is 40.0 Å². The Hall–Kier alpha value is -0.120. The Kier molecular flexibility index (Phi) is 4.45. The SMILES string of the molecule is CC1CNC(C)(C)CN1CCCOCC1CC1. The molecule has 0 aromatic heterocycles. The smallest absolute Gasteiger partial charge is 0.0494 e. The monoisotopic (exact) mass is 240 g/mol. The minimum absolute atomic E-state index is 0.265. The minimum atomic E-state index is 0.265. The second-order valence-corrected chi connectivity index (χ2v) is 6.46. The molecular weight excluding hydrogens is 212 g/mol. The number of piperazine rings is 1. The van der Waals surface area contributed by atoms with Crippen LogP contribution in [-0.4, -0.2) is 49.3 Å². The van der Waals surface area contributed by atoms with Crippen LogP contribution in [0.15, 0.2) is 0 Å². The molecule has 1 heterocycles. The van der Waals surface area contributed by atoms with Gasteiger partial charge >= 0.3 is 0 Å². The molecule has 1 unspecified atom stereocenters. The van der Waals surface area contributed by atoms with Gasteiger partial charge in [-0.05, 0) is 46.0 Å². The Labute approximate surface area is 106 Å². The van der Waals surface area contributed by atoms with Crippen LogP contribution in [0.2, 0.25) is 0 Å². The Morgan fingerprint density at radius 2 is 2.12 bits per heavy atom. The van der Waals surface area contributed by atoms with Gasteiger partial charge in [0.1, 0.15) is 0 Å². The van der Waals surface area contributed by atoms with Crippen LogP contribution in [0.25, 0.3) is 0 Å². The average molecular weight is 240 g/mol. The quantitative estimate of drug-likeness (QED) is 0.717. The summed E-state index contributed by atoms with van der Waals surface area (Å²) >= 11 is 0. The highest BCUT2D eigenvalue weighted by molar-refractivity contribution is 4.90. The lowest BCUT2D eigenvalue weighted by Gasteiger charge is -2.43. The highest BCUT2D eigenvalue weighted by Gasteiger charge is 2.29. The van der Waals surface area contributed by atoms with Crippen LogP contribution in [0, 0.1) is 5.92 Å². The Morgan fingerprint density at radius 3 is 2.82 bits per heavy atom. The lowest BCUT2D eigenvalue weighted by atomic mass is 9.99. The van der Waals surface area contributed by atoms with Crippen molar-refractivity contribution >= 4 is 0 Å². The maximum Gasteiger partial charge on any atom is 0.0494 e. The van der Waals surface area contributed by atoms with Crippen molar-refractivity contribution in [2.75, 3.05) is 32.8 Å². The van der Waals surface area contributed by atoms with Crippen LogP contribution >= 0.6 is 0 Å². The molecule has 0 spiro atoms. The van der Waals surface area contributed by atoms with Gasteiger partial charge in [0.05, 0.1) is 0 Å². The summed E-state index contributed by atoms with van der Waals surface area (Å²) in [7, 11) is 0. The van der Waals surface area contributed by atoms with Gasteiger partial charge in [-0.2, -0.15) is 0 Å². The van der Waals surface area contributed by atoms with E-state index in [1.165, 1.54) is 25.8 Å². The summed E-state index contributed by atoms with van der Waals surface area (Å²) in [6, 6.07) is 0.659. The van der Waals surface area contributed by atoms with E-state index in [1.54, 1.807) is 0 Å². The molecule has 2 aliphatic rings. The molecule has 0 amide bonds. The number of ether oxygens (including phenoxy) is 1. The van der Waals surface area contributed by atoms with Crippen LogP contribution in [0.5, 0.6) is 0 Å². The number of rotatable bonds is 6. The van der Waals surface area contributed by atoms with Crippen LogP contribution in [0.4, 0.5) is 0 Å². The van der Waals surface area contributed by atoms with Gasteiger partial charge in [0, 0.05) is 44.4 Å². The highest BCUT2D eigenvalue weighted by atomic mass is 16.5. The summed E-state index contributed by atoms with van der Waals surface area (Å²) in [5, 5.41) is 3.59. The molecular formula is C14H28N2O. The molecule has 1 saturated heterocycles. The van der Waals surface area contributed by atoms with E-state index >= 15 is 0 Å². The minimum Gasteiger partial charge on any atom is -0.381 e. The normalized spacial score (nSPS) is 29.5. The zero-order chi connectivity index (χ0) is 12.3. The van der Waals surface area contributed by atoms with Gasteiger partial charge in [0.25, 0.3) is 0 Å². The Bertz CT molecular complexity index is 238. The largest absolute Gasteiger partial charge is 0.381 e. The van der Waals surface area contributed by atoms with Gasteiger partial charge in [0.15, 0.2) is 0 Å². The number of hydrogen-bond donors (Lipinski definition) is 1. The van der Waals surface area contributed by atoms with E-state index in [-0.39, 0.29) is 5.54 Å². The molecule has 1 aliphatic heterocycles. The summed E-state index contributed by atoms with van der Waals surface area (Å²) in [5.74, 6) is 0.895. The van der Waals surface area contributed by atoms with Gasteiger partial charge in [-0.3, -0.25) is 4.90 Å². The standard InChI is InChI=1S/C14H28N2O/c1-12-9-15-14(2,3)11-16(12)7-4-8-17-10-13-5-6-13/h12-13,15H,4-11H2,1-3H3. The van der Waals surface area contributed by atoms with E-state index in [1.807, 2.05) is 0 Å². The zero-order valence-electron chi connectivity index (χ0n) is 11.7. The number of nitrogens with zero attached hydrogens (tertiary/aromatic N) is 1. The van der Waals surface area contributed by atoms with Crippen molar-refractivity contribution in [1.82, 2.24) is 10.2 Å². The van der Waals surface area contributed by atoms with E-state index in [0.29, 0.717) is 6.04 Å². The molecule has 0 radical (unpaired) electrons. The molecule has 1 atom stereocenters.